The highest BCUT2D eigenvalue weighted by Crippen LogP contribution is 2.21. The van der Waals surface area contributed by atoms with Gasteiger partial charge in [0.1, 0.15) is 5.15 Å². The van der Waals surface area contributed by atoms with Gasteiger partial charge in [0.2, 0.25) is 0 Å². The van der Waals surface area contributed by atoms with Gasteiger partial charge in [0.05, 0.1) is 0 Å². The van der Waals surface area contributed by atoms with Crippen molar-refractivity contribution < 1.29 is 9.90 Å². The van der Waals surface area contributed by atoms with Crippen LogP contribution < -0.4 is 0 Å². The lowest BCUT2D eigenvalue weighted by atomic mass is 10.1. The van der Waals surface area contributed by atoms with Gasteiger partial charge in [-0.2, -0.15) is 0 Å². The first kappa shape index (κ1) is 13.1. The van der Waals surface area contributed by atoms with E-state index in [4.69, 9.17) is 16.7 Å². The summed E-state index contributed by atoms with van der Waals surface area (Å²) in [6.45, 7) is 4.70. The van der Waals surface area contributed by atoms with Crippen LogP contribution in [-0.4, -0.2) is 52.2 Å². The molecular weight excluding hydrogens is 254 g/mol. The Balaban J connectivity index is 1.97. The maximum absolute atomic E-state index is 10.8. The fourth-order valence-corrected chi connectivity index (χ4v) is 2.26. The second-order valence-corrected chi connectivity index (χ2v) is 4.78. The lowest BCUT2D eigenvalue weighted by molar-refractivity contribution is 0.0888. The summed E-state index contributed by atoms with van der Waals surface area (Å²) in [5, 5.41) is 9.38. The molecule has 0 aliphatic carbocycles. The smallest absolute Gasteiger partial charge is 0.407 e. The molecule has 1 unspecified atom stereocenters. The van der Waals surface area contributed by atoms with Gasteiger partial charge in [0.25, 0.3) is 0 Å². The average molecular weight is 270 g/mol. The van der Waals surface area contributed by atoms with Crippen LogP contribution in [0.15, 0.2) is 18.3 Å². The molecule has 98 valence electrons. The molecule has 1 aromatic heterocycles. The highest BCUT2D eigenvalue weighted by molar-refractivity contribution is 6.29. The molecule has 2 heterocycles. The van der Waals surface area contributed by atoms with Crippen molar-refractivity contribution in [1.82, 2.24) is 14.8 Å². The third-order valence-corrected chi connectivity index (χ3v) is 3.59. The van der Waals surface area contributed by atoms with Crippen molar-refractivity contribution in [3.8, 4) is 0 Å². The molecule has 5 nitrogen and oxygen atoms in total. The molecule has 1 aliphatic heterocycles. The number of piperazine rings is 1. The van der Waals surface area contributed by atoms with Crippen LogP contribution in [0, 0.1) is 0 Å². The van der Waals surface area contributed by atoms with Gasteiger partial charge in [0, 0.05) is 38.4 Å². The van der Waals surface area contributed by atoms with E-state index in [0.29, 0.717) is 18.2 Å². The number of hydrogen-bond acceptors (Lipinski definition) is 3. The van der Waals surface area contributed by atoms with Gasteiger partial charge < -0.3 is 10.0 Å². The molecule has 0 aromatic carbocycles. The number of pyridine rings is 1. The summed E-state index contributed by atoms with van der Waals surface area (Å²) in [5.74, 6) is 0. The maximum Gasteiger partial charge on any atom is 0.407 e. The molecular formula is C12H16ClN3O2. The van der Waals surface area contributed by atoms with Crippen molar-refractivity contribution in [3.05, 3.63) is 29.0 Å². The maximum atomic E-state index is 10.8. The van der Waals surface area contributed by atoms with Crippen molar-refractivity contribution >= 4 is 17.7 Å². The zero-order chi connectivity index (χ0) is 13.1. The molecule has 18 heavy (non-hydrogen) atoms. The molecule has 0 spiro atoms. The van der Waals surface area contributed by atoms with Crippen LogP contribution in [-0.2, 0) is 0 Å². The van der Waals surface area contributed by atoms with E-state index in [2.05, 4.69) is 16.8 Å². The topological polar surface area (TPSA) is 56.7 Å². The average Bonchev–Trinajstić information content (AvgIpc) is 2.39. The predicted molar refractivity (Wildman–Crippen MR) is 68.8 cm³/mol. The molecule has 1 amide bonds. The van der Waals surface area contributed by atoms with E-state index in [1.807, 2.05) is 6.07 Å². The molecule has 1 aromatic rings. The fourth-order valence-electron chi connectivity index (χ4n) is 2.15. The summed E-state index contributed by atoms with van der Waals surface area (Å²) < 4.78 is 0. The summed E-state index contributed by atoms with van der Waals surface area (Å²) in [6, 6.07) is 3.97. The van der Waals surface area contributed by atoms with Crippen molar-refractivity contribution in [1.29, 1.82) is 0 Å². The van der Waals surface area contributed by atoms with Crippen LogP contribution in [0.4, 0.5) is 4.79 Å². The summed E-state index contributed by atoms with van der Waals surface area (Å²) in [6.07, 6.45) is 0.937. The van der Waals surface area contributed by atoms with Crippen molar-refractivity contribution in [2.75, 3.05) is 26.2 Å². The Morgan fingerprint density at radius 1 is 1.39 bits per heavy atom. The molecule has 0 saturated carbocycles. The number of aromatic nitrogens is 1. The summed E-state index contributed by atoms with van der Waals surface area (Å²) >= 11 is 5.76. The van der Waals surface area contributed by atoms with Crippen LogP contribution in [0.3, 0.4) is 0 Å². The normalized spacial score (nSPS) is 18.7. The zero-order valence-electron chi connectivity index (χ0n) is 10.2. The minimum absolute atomic E-state index is 0.228. The van der Waals surface area contributed by atoms with E-state index in [1.165, 1.54) is 4.90 Å². The van der Waals surface area contributed by atoms with Gasteiger partial charge in [-0.1, -0.05) is 17.7 Å². The van der Waals surface area contributed by atoms with E-state index in [-0.39, 0.29) is 6.04 Å². The number of hydrogen-bond donors (Lipinski definition) is 1. The number of rotatable bonds is 2. The molecule has 0 bridgehead atoms. The number of amides is 1. The van der Waals surface area contributed by atoms with E-state index < -0.39 is 6.09 Å². The van der Waals surface area contributed by atoms with E-state index in [9.17, 15) is 4.79 Å². The third-order valence-electron chi connectivity index (χ3n) is 3.37. The van der Waals surface area contributed by atoms with Crippen LogP contribution in [0.2, 0.25) is 5.15 Å². The van der Waals surface area contributed by atoms with Crippen molar-refractivity contribution in [2.24, 2.45) is 0 Å². The second-order valence-electron chi connectivity index (χ2n) is 4.40. The molecule has 6 heteroatoms. The number of nitrogens with zero attached hydrogens (tertiary/aromatic N) is 3. The highest BCUT2D eigenvalue weighted by atomic mass is 35.5. The Hall–Kier alpha value is -1.33. The Bertz CT molecular complexity index is 416. The van der Waals surface area contributed by atoms with Crippen LogP contribution >= 0.6 is 11.6 Å². The van der Waals surface area contributed by atoms with Gasteiger partial charge in [0.15, 0.2) is 0 Å². The molecule has 0 radical (unpaired) electrons. The van der Waals surface area contributed by atoms with E-state index >= 15 is 0 Å². The summed E-state index contributed by atoms with van der Waals surface area (Å²) in [5.41, 5.74) is 1.10. The Kier molecular flexibility index (Phi) is 4.04. The van der Waals surface area contributed by atoms with Gasteiger partial charge in [-0.25, -0.2) is 9.78 Å². The summed E-state index contributed by atoms with van der Waals surface area (Å²) in [7, 11) is 0. The fraction of sp³-hybridized carbons (Fsp3) is 0.500. The molecule has 1 aliphatic rings. The lowest BCUT2D eigenvalue weighted by Gasteiger charge is -2.36. The minimum atomic E-state index is -0.838. The molecule has 1 atom stereocenters. The monoisotopic (exact) mass is 269 g/mol. The van der Waals surface area contributed by atoms with Gasteiger partial charge in [-0.05, 0) is 18.6 Å². The van der Waals surface area contributed by atoms with Gasteiger partial charge in [-0.15, -0.1) is 0 Å². The number of carboxylic acid groups (broad SMARTS) is 1. The molecule has 1 N–H and O–H groups in total. The first-order valence-corrected chi connectivity index (χ1v) is 6.29. The zero-order valence-corrected chi connectivity index (χ0v) is 11.0. The first-order chi connectivity index (χ1) is 8.58. The molecule has 1 fully saturated rings. The van der Waals surface area contributed by atoms with E-state index in [0.717, 1.165) is 18.7 Å². The quantitative estimate of drug-likeness (QED) is 0.836. The first-order valence-electron chi connectivity index (χ1n) is 5.91. The van der Waals surface area contributed by atoms with Crippen LogP contribution in [0.1, 0.15) is 18.5 Å². The number of carbonyl (C=O) groups is 1. The largest absolute Gasteiger partial charge is 0.465 e. The number of halogens is 1. The second kappa shape index (κ2) is 5.54. The van der Waals surface area contributed by atoms with Crippen LogP contribution in [0.5, 0.6) is 0 Å². The van der Waals surface area contributed by atoms with Gasteiger partial charge >= 0.3 is 6.09 Å². The Morgan fingerprint density at radius 3 is 2.56 bits per heavy atom. The van der Waals surface area contributed by atoms with E-state index in [1.54, 1.807) is 12.3 Å². The third kappa shape index (κ3) is 2.91. The summed E-state index contributed by atoms with van der Waals surface area (Å²) in [4.78, 5) is 18.6. The standard InChI is InChI=1S/C12H16ClN3O2/c1-9(10-2-3-11(13)14-8-10)15-4-6-16(7-5-15)12(17)18/h2-3,8-9H,4-7H2,1H3,(H,17,18). The van der Waals surface area contributed by atoms with Crippen molar-refractivity contribution in [3.63, 3.8) is 0 Å². The molecule has 2 rings (SSSR count). The Labute approximate surface area is 111 Å². The van der Waals surface area contributed by atoms with Crippen LogP contribution in [0.25, 0.3) is 0 Å². The molecule has 1 saturated heterocycles. The van der Waals surface area contributed by atoms with Gasteiger partial charge in [-0.3, -0.25) is 4.90 Å². The highest BCUT2D eigenvalue weighted by Gasteiger charge is 2.24. The Morgan fingerprint density at radius 2 is 2.06 bits per heavy atom. The predicted octanol–water partition coefficient (Wildman–Crippen LogP) is 2.09. The van der Waals surface area contributed by atoms with Crippen molar-refractivity contribution in [2.45, 2.75) is 13.0 Å². The SMILES string of the molecule is CC(c1ccc(Cl)nc1)N1CCN(C(=O)O)CC1. The lowest BCUT2D eigenvalue weighted by Crippen LogP contribution is -2.48. The minimum Gasteiger partial charge on any atom is -0.465 e.